The van der Waals surface area contributed by atoms with E-state index in [-0.39, 0.29) is 0 Å². The van der Waals surface area contributed by atoms with Gasteiger partial charge in [0, 0.05) is 11.3 Å². The van der Waals surface area contributed by atoms with Gasteiger partial charge in [-0.25, -0.2) is 0 Å². The summed E-state index contributed by atoms with van der Waals surface area (Å²) in [4.78, 5) is 9.92. The van der Waals surface area contributed by atoms with Crippen LogP contribution in [0.1, 0.15) is 0 Å². The van der Waals surface area contributed by atoms with E-state index in [0.29, 0.717) is 17.6 Å². The number of hydrogen-bond acceptors (Lipinski definition) is 2. The van der Waals surface area contributed by atoms with Crippen molar-refractivity contribution in [2.45, 2.75) is 0 Å². The fraction of sp³-hybridized carbons (Fsp3) is 0. The second-order valence-electron chi connectivity index (χ2n) is 1.54. The van der Waals surface area contributed by atoms with Gasteiger partial charge < -0.3 is 5.73 Å². The Morgan fingerprint density at radius 3 is 2.44 bits per heavy atom. The lowest BCUT2D eigenvalue weighted by atomic mass is 10.3. The summed E-state index contributed by atoms with van der Waals surface area (Å²) >= 11 is 0. The zero-order valence-electron chi connectivity index (χ0n) is 5.13. The molecule has 0 unspecified atom stereocenters. The maximum absolute atomic E-state index is 9.92. The summed E-state index contributed by atoms with van der Waals surface area (Å²) in [6.45, 7) is 6.79. The lowest BCUT2D eigenvalue weighted by Gasteiger charge is -1.87. The predicted octanol–water partition coefficient (Wildman–Crippen LogP) is 0.770. The molecule has 0 aliphatic rings. The lowest BCUT2D eigenvalue weighted by Crippen LogP contribution is -1.92. The van der Waals surface area contributed by atoms with Crippen LogP contribution in [-0.4, -0.2) is 6.29 Å². The molecule has 2 nitrogen and oxygen atoms in total. The summed E-state index contributed by atoms with van der Waals surface area (Å²) in [6.07, 6.45) is 3.55. The van der Waals surface area contributed by atoms with Gasteiger partial charge in [-0.2, -0.15) is 0 Å². The number of hydrogen-bond donors (Lipinski definition) is 1. The molecule has 0 atom stereocenters. The van der Waals surface area contributed by atoms with E-state index in [1.807, 2.05) is 0 Å². The Hall–Kier alpha value is -1.31. The maximum Gasteiger partial charge on any atom is 0.149 e. The fourth-order valence-electron chi connectivity index (χ4n) is 0.307. The minimum absolute atomic E-state index is 0.354. The van der Waals surface area contributed by atoms with Crippen molar-refractivity contribution in [3.8, 4) is 0 Å². The van der Waals surface area contributed by atoms with Crippen LogP contribution in [0, 0.1) is 0 Å². The highest BCUT2D eigenvalue weighted by molar-refractivity contribution is 5.76. The standard InChI is InChI=1S/C7H9NO/c1-3-7(8)4-6(2)5-9/h3-5H,1-2,8H2/b7-4+. The summed E-state index contributed by atoms with van der Waals surface area (Å²) in [7, 11) is 0. The van der Waals surface area contributed by atoms with Gasteiger partial charge in [-0.1, -0.05) is 13.2 Å². The van der Waals surface area contributed by atoms with Gasteiger partial charge in [-0.15, -0.1) is 0 Å². The molecular formula is C7H9NO. The SMILES string of the molecule is C=C/C(N)=C\C(=C)C=O. The van der Waals surface area contributed by atoms with Crippen molar-refractivity contribution in [3.63, 3.8) is 0 Å². The molecule has 9 heavy (non-hydrogen) atoms. The Labute approximate surface area is 54.4 Å². The smallest absolute Gasteiger partial charge is 0.149 e. The van der Waals surface area contributed by atoms with Crippen LogP contribution >= 0.6 is 0 Å². The largest absolute Gasteiger partial charge is 0.399 e. The van der Waals surface area contributed by atoms with E-state index in [2.05, 4.69) is 13.2 Å². The van der Waals surface area contributed by atoms with Crippen molar-refractivity contribution >= 4 is 6.29 Å². The monoisotopic (exact) mass is 123 g/mol. The molecule has 0 radical (unpaired) electrons. The zero-order valence-corrected chi connectivity index (χ0v) is 5.13. The lowest BCUT2D eigenvalue weighted by molar-refractivity contribution is -0.104. The summed E-state index contributed by atoms with van der Waals surface area (Å²) in [5.74, 6) is 0. The van der Waals surface area contributed by atoms with Gasteiger partial charge in [0.05, 0.1) is 0 Å². The van der Waals surface area contributed by atoms with Crippen LogP contribution in [-0.2, 0) is 4.79 Å². The fourth-order valence-corrected chi connectivity index (χ4v) is 0.307. The van der Waals surface area contributed by atoms with Crippen LogP contribution in [0.4, 0.5) is 0 Å². The van der Waals surface area contributed by atoms with E-state index >= 15 is 0 Å². The summed E-state index contributed by atoms with van der Waals surface area (Å²) in [5.41, 5.74) is 6.08. The van der Waals surface area contributed by atoms with E-state index < -0.39 is 0 Å². The van der Waals surface area contributed by atoms with Gasteiger partial charge in [0.2, 0.25) is 0 Å². The Morgan fingerprint density at radius 2 is 2.11 bits per heavy atom. The van der Waals surface area contributed by atoms with Crippen LogP contribution in [0.2, 0.25) is 0 Å². The van der Waals surface area contributed by atoms with Gasteiger partial charge in [0.15, 0.2) is 0 Å². The first-order valence-electron chi connectivity index (χ1n) is 2.44. The topological polar surface area (TPSA) is 43.1 Å². The quantitative estimate of drug-likeness (QED) is 0.342. The molecule has 0 spiro atoms. The summed E-state index contributed by atoms with van der Waals surface area (Å²) in [5, 5.41) is 0. The molecule has 0 rings (SSSR count). The first-order valence-corrected chi connectivity index (χ1v) is 2.44. The van der Waals surface area contributed by atoms with E-state index in [0.717, 1.165) is 0 Å². The summed E-state index contributed by atoms with van der Waals surface area (Å²) < 4.78 is 0. The van der Waals surface area contributed by atoms with E-state index in [1.54, 1.807) is 0 Å². The first kappa shape index (κ1) is 7.69. The Balaban J connectivity index is 4.10. The van der Waals surface area contributed by atoms with Gasteiger partial charge in [0.1, 0.15) is 6.29 Å². The van der Waals surface area contributed by atoms with Gasteiger partial charge in [0.25, 0.3) is 0 Å². The summed E-state index contributed by atoms with van der Waals surface area (Å²) in [6, 6.07) is 0. The Kier molecular flexibility index (Phi) is 3.13. The average Bonchev–Trinajstić information content (AvgIpc) is 1.87. The van der Waals surface area contributed by atoms with Gasteiger partial charge in [-0.3, -0.25) is 4.79 Å². The van der Waals surface area contributed by atoms with Crippen molar-refractivity contribution in [2.75, 3.05) is 0 Å². The van der Waals surface area contributed by atoms with Crippen molar-refractivity contribution in [1.82, 2.24) is 0 Å². The molecular weight excluding hydrogens is 114 g/mol. The van der Waals surface area contributed by atoms with Crippen molar-refractivity contribution in [1.29, 1.82) is 0 Å². The zero-order chi connectivity index (χ0) is 7.28. The minimum Gasteiger partial charge on any atom is -0.399 e. The number of aldehydes is 1. The molecule has 48 valence electrons. The molecule has 0 heterocycles. The van der Waals surface area contributed by atoms with Gasteiger partial charge >= 0.3 is 0 Å². The van der Waals surface area contributed by atoms with Crippen LogP contribution in [0.15, 0.2) is 36.6 Å². The molecule has 0 aliphatic carbocycles. The molecule has 0 amide bonds. The Morgan fingerprint density at radius 1 is 1.56 bits per heavy atom. The Bertz CT molecular complexity index is 168. The molecule has 0 saturated carbocycles. The van der Waals surface area contributed by atoms with Crippen molar-refractivity contribution < 1.29 is 4.79 Å². The van der Waals surface area contributed by atoms with E-state index in [4.69, 9.17) is 5.73 Å². The third-order valence-corrected chi connectivity index (χ3v) is 0.739. The predicted molar refractivity (Wildman–Crippen MR) is 37.7 cm³/mol. The van der Waals surface area contributed by atoms with Crippen LogP contribution in [0.5, 0.6) is 0 Å². The van der Waals surface area contributed by atoms with Gasteiger partial charge in [-0.05, 0) is 12.2 Å². The molecule has 2 heteroatoms. The van der Waals surface area contributed by atoms with Crippen molar-refractivity contribution in [2.24, 2.45) is 5.73 Å². The number of rotatable bonds is 3. The third-order valence-electron chi connectivity index (χ3n) is 0.739. The first-order chi connectivity index (χ1) is 4.20. The molecule has 0 fully saturated rings. The van der Waals surface area contributed by atoms with Crippen LogP contribution in [0.3, 0.4) is 0 Å². The highest BCUT2D eigenvalue weighted by Gasteiger charge is 1.83. The average molecular weight is 123 g/mol. The highest BCUT2D eigenvalue weighted by Crippen LogP contribution is 1.91. The van der Waals surface area contributed by atoms with E-state index in [1.165, 1.54) is 12.2 Å². The maximum atomic E-state index is 9.92. The van der Waals surface area contributed by atoms with Crippen LogP contribution in [0.25, 0.3) is 0 Å². The number of carbonyl (C=O) groups is 1. The normalized spacial score (nSPS) is 10.4. The number of carbonyl (C=O) groups excluding carboxylic acids is 1. The molecule has 0 aliphatic heterocycles. The molecule has 0 bridgehead atoms. The molecule has 0 saturated heterocycles. The van der Waals surface area contributed by atoms with Crippen molar-refractivity contribution in [3.05, 3.63) is 36.6 Å². The third kappa shape index (κ3) is 3.29. The van der Waals surface area contributed by atoms with Crippen LogP contribution < -0.4 is 5.73 Å². The second kappa shape index (κ2) is 3.66. The minimum atomic E-state index is 0.354. The van der Waals surface area contributed by atoms with E-state index in [9.17, 15) is 4.79 Å². The second-order valence-corrected chi connectivity index (χ2v) is 1.54. The molecule has 0 aromatic rings. The number of allylic oxidation sites excluding steroid dienone is 3. The number of nitrogens with two attached hydrogens (primary N) is 1. The molecule has 2 N–H and O–H groups in total. The molecule has 0 aromatic carbocycles. The highest BCUT2D eigenvalue weighted by atomic mass is 16.1. The molecule has 0 aromatic heterocycles.